The van der Waals surface area contributed by atoms with Crippen LogP contribution in [0.3, 0.4) is 0 Å². The summed E-state index contributed by atoms with van der Waals surface area (Å²) in [6, 6.07) is 5.66. The SMILES string of the molecule is CCN1CCC(CNCc2ccc(O)c(Br)c2)C1. The van der Waals surface area contributed by atoms with Crippen molar-refractivity contribution in [1.82, 2.24) is 10.2 Å². The van der Waals surface area contributed by atoms with E-state index >= 15 is 0 Å². The van der Waals surface area contributed by atoms with Gasteiger partial charge in [-0.25, -0.2) is 0 Å². The molecular weight excluding hydrogens is 292 g/mol. The molecule has 0 aliphatic carbocycles. The molecule has 1 aliphatic heterocycles. The molecule has 2 N–H and O–H groups in total. The number of hydrogen-bond donors (Lipinski definition) is 2. The molecule has 1 saturated heterocycles. The molecule has 0 saturated carbocycles. The van der Waals surface area contributed by atoms with Crippen LogP contribution in [-0.2, 0) is 6.54 Å². The van der Waals surface area contributed by atoms with Gasteiger partial charge in [0.15, 0.2) is 0 Å². The Morgan fingerprint density at radius 1 is 1.50 bits per heavy atom. The largest absolute Gasteiger partial charge is 0.507 e. The van der Waals surface area contributed by atoms with Crippen molar-refractivity contribution < 1.29 is 5.11 Å². The second-order valence-corrected chi connectivity index (χ2v) is 5.82. The molecule has 0 amide bonds. The van der Waals surface area contributed by atoms with Gasteiger partial charge < -0.3 is 15.3 Å². The zero-order valence-electron chi connectivity index (χ0n) is 10.8. The zero-order valence-corrected chi connectivity index (χ0v) is 12.4. The molecule has 18 heavy (non-hydrogen) atoms. The number of benzene rings is 1. The maximum absolute atomic E-state index is 9.43. The van der Waals surface area contributed by atoms with E-state index in [2.05, 4.69) is 33.1 Å². The number of hydrogen-bond acceptors (Lipinski definition) is 3. The highest BCUT2D eigenvalue weighted by atomic mass is 79.9. The topological polar surface area (TPSA) is 35.5 Å². The molecule has 0 spiro atoms. The summed E-state index contributed by atoms with van der Waals surface area (Å²) in [4.78, 5) is 2.50. The van der Waals surface area contributed by atoms with Gasteiger partial charge in [-0.05, 0) is 65.6 Å². The van der Waals surface area contributed by atoms with Gasteiger partial charge in [-0.2, -0.15) is 0 Å². The lowest BCUT2D eigenvalue weighted by atomic mass is 10.1. The number of nitrogens with zero attached hydrogens (tertiary/aromatic N) is 1. The number of likely N-dealkylation sites (tertiary alicyclic amines) is 1. The highest BCUT2D eigenvalue weighted by Gasteiger charge is 2.20. The maximum Gasteiger partial charge on any atom is 0.129 e. The average Bonchev–Trinajstić information content (AvgIpc) is 2.82. The standard InChI is InChI=1S/C14H21BrN2O/c1-2-17-6-5-12(10-17)9-16-8-11-3-4-14(18)13(15)7-11/h3-4,7,12,16,18H,2,5-6,8-10H2,1H3. The molecule has 0 radical (unpaired) electrons. The van der Waals surface area contributed by atoms with Gasteiger partial charge >= 0.3 is 0 Å². The molecule has 3 nitrogen and oxygen atoms in total. The van der Waals surface area contributed by atoms with Crippen LogP contribution >= 0.6 is 15.9 Å². The predicted octanol–water partition coefficient (Wildman–Crippen LogP) is 2.59. The van der Waals surface area contributed by atoms with Gasteiger partial charge in [0, 0.05) is 13.1 Å². The normalized spacial score (nSPS) is 20.4. The monoisotopic (exact) mass is 312 g/mol. The van der Waals surface area contributed by atoms with E-state index in [0.717, 1.165) is 23.5 Å². The molecule has 2 rings (SSSR count). The summed E-state index contributed by atoms with van der Waals surface area (Å²) in [5.74, 6) is 1.08. The van der Waals surface area contributed by atoms with Crippen LogP contribution in [0.1, 0.15) is 18.9 Å². The van der Waals surface area contributed by atoms with Crippen molar-refractivity contribution in [2.24, 2.45) is 5.92 Å². The molecular formula is C14H21BrN2O. The maximum atomic E-state index is 9.43. The van der Waals surface area contributed by atoms with E-state index in [-0.39, 0.29) is 0 Å². The zero-order chi connectivity index (χ0) is 13.0. The Labute approximate surface area is 117 Å². The van der Waals surface area contributed by atoms with Gasteiger partial charge in [-0.3, -0.25) is 0 Å². The Morgan fingerprint density at radius 3 is 3.00 bits per heavy atom. The lowest BCUT2D eigenvalue weighted by molar-refractivity contribution is 0.339. The molecule has 0 aromatic heterocycles. The van der Waals surface area contributed by atoms with Crippen molar-refractivity contribution in [2.75, 3.05) is 26.2 Å². The second kappa shape index (κ2) is 6.55. The summed E-state index contributed by atoms with van der Waals surface area (Å²) in [5.41, 5.74) is 1.20. The Hall–Kier alpha value is -0.580. The third-order valence-electron chi connectivity index (χ3n) is 3.59. The van der Waals surface area contributed by atoms with Crippen LogP contribution in [0.25, 0.3) is 0 Å². The molecule has 100 valence electrons. The first-order valence-corrected chi connectivity index (χ1v) is 7.38. The van der Waals surface area contributed by atoms with E-state index in [4.69, 9.17) is 0 Å². The number of aromatic hydroxyl groups is 1. The lowest BCUT2D eigenvalue weighted by Gasteiger charge is -2.14. The molecule has 1 fully saturated rings. The fourth-order valence-corrected chi connectivity index (χ4v) is 2.87. The summed E-state index contributed by atoms with van der Waals surface area (Å²) >= 11 is 3.34. The summed E-state index contributed by atoms with van der Waals surface area (Å²) in [6.45, 7) is 7.80. The minimum Gasteiger partial charge on any atom is -0.507 e. The Balaban J connectivity index is 1.73. The second-order valence-electron chi connectivity index (χ2n) is 4.96. The van der Waals surface area contributed by atoms with Gasteiger partial charge in [0.25, 0.3) is 0 Å². The van der Waals surface area contributed by atoms with E-state index in [9.17, 15) is 5.11 Å². The average molecular weight is 313 g/mol. The van der Waals surface area contributed by atoms with Crippen molar-refractivity contribution in [3.63, 3.8) is 0 Å². The third kappa shape index (κ3) is 3.70. The molecule has 1 aromatic carbocycles. The van der Waals surface area contributed by atoms with E-state index in [1.807, 2.05) is 12.1 Å². The molecule has 1 aliphatic rings. The number of nitrogens with one attached hydrogen (secondary N) is 1. The van der Waals surface area contributed by atoms with Gasteiger partial charge in [0.05, 0.1) is 4.47 Å². The Kier molecular flexibility index (Phi) is 5.03. The molecule has 4 heteroatoms. The minimum absolute atomic E-state index is 0.299. The van der Waals surface area contributed by atoms with Crippen LogP contribution < -0.4 is 5.32 Å². The number of halogens is 1. The van der Waals surface area contributed by atoms with Crippen LogP contribution in [-0.4, -0.2) is 36.2 Å². The minimum atomic E-state index is 0.299. The van der Waals surface area contributed by atoms with Crippen LogP contribution in [0.15, 0.2) is 22.7 Å². The van der Waals surface area contributed by atoms with Crippen LogP contribution in [0.4, 0.5) is 0 Å². The number of phenols is 1. The Morgan fingerprint density at radius 2 is 2.33 bits per heavy atom. The summed E-state index contributed by atoms with van der Waals surface area (Å²) < 4.78 is 0.764. The van der Waals surface area contributed by atoms with Gasteiger partial charge in [-0.15, -0.1) is 0 Å². The number of rotatable bonds is 5. The summed E-state index contributed by atoms with van der Waals surface area (Å²) in [5, 5.41) is 12.9. The van der Waals surface area contributed by atoms with Crippen molar-refractivity contribution >= 4 is 15.9 Å². The fourth-order valence-electron chi connectivity index (χ4n) is 2.45. The van der Waals surface area contributed by atoms with E-state index in [1.165, 1.54) is 31.6 Å². The van der Waals surface area contributed by atoms with Crippen molar-refractivity contribution in [3.8, 4) is 5.75 Å². The van der Waals surface area contributed by atoms with E-state index in [0.29, 0.717) is 5.75 Å². The molecule has 1 atom stereocenters. The van der Waals surface area contributed by atoms with Crippen molar-refractivity contribution in [3.05, 3.63) is 28.2 Å². The first-order chi connectivity index (χ1) is 8.69. The number of phenolic OH excluding ortho intramolecular Hbond substituents is 1. The molecule has 1 unspecified atom stereocenters. The third-order valence-corrected chi connectivity index (χ3v) is 4.23. The highest BCUT2D eigenvalue weighted by molar-refractivity contribution is 9.10. The lowest BCUT2D eigenvalue weighted by Crippen LogP contribution is -2.26. The van der Waals surface area contributed by atoms with Gasteiger partial charge in [-0.1, -0.05) is 13.0 Å². The van der Waals surface area contributed by atoms with E-state index < -0.39 is 0 Å². The smallest absolute Gasteiger partial charge is 0.129 e. The fraction of sp³-hybridized carbons (Fsp3) is 0.571. The van der Waals surface area contributed by atoms with Crippen LogP contribution in [0.5, 0.6) is 5.75 Å². The van der Waals surface area contributed by atoms with Gasteiger partial charge in [0.2, 0.25) is 0 Å². The molecule has 0 bridgehead atoms. The first-order valence-electron chi connectivity index (χ1n) is 6.59. The first kappa shape index (κ1) is 13.8. The van der Waals surface area contributed by atoms with E-state index in [1.54, 1.807) is 6.07 Å². The van der Waals surface area contributed by atoms with Crippen molar-refractivity contribution in [1.29, 1.82) is 0 Å². The molecule has 1 heterocycles. The van der Waals surface area contributed by atoms with Crippen LogP contribution in [0.2, 0.25) is 0 Å². The predicted molar refractivity (Wildman–Crippen MR) is 77.7 cm³/mol. The Bertz CT molecular complexity index is 397. The highest BCUT2D eigenvalue weighted by Crippen LogP contribution is 2.24. The quantitative estimate of drug-likeness (QED) is 0.877. The summed E-state index contributed by atoms with van der Waals surface area (Å²) in [6.07, 6.45) is 1.31. The van der Waals surface area contributed by atoms with Gasteiger partial charge in [0.1, 0.15) is 5.75 Å². The van der Waals surface area contributed by atoms with Crippen molar-refractivity contribution in [2.45, 2.75) is 19.9 Å². The van der Waals surface area contributed by atoms with Crippen LogP contribution in [0, 0.1) is 5.92 Å². The summed E-state index contributed by atoms with van der Waals surface area (Å²) in [7, 11) is 0. The molecule has 1 aromatic rings.